The summed E-state index contributed by atoms with van der Waals surface area (Å²) in [5.74, 6) is -3.90. The number of nitrogens with one attached hydrogen (secondary N) is 2. The van der Waals surface area contributed by atoms with Crippen molar-refractivity contribution in [2.75, 3.05) is 13.7 Å². The minimum Gasteiger partial charge on any atom is -0.497 e. The van der Waals surface area contributed by atoms with Gasteiger partial charge in [-0.1, -0.05) is 6.07 Å². The number of methoxy groups -OCH3 is 1. The van der Waals surface area contributed by atoms with E-state index < -0.39 is 23.6 Å². The lowest BCUT2D eigenvalue weighted by atomic mass is 10.1. The number of aliphatic carboxylic acids is 2. The van der Waals surface area contributed by atoms with Crippen molar-refractivity contribution >= 4 is 22.8 Å². The Hall–Kier alpha value is -3.46. The Balaban J connectivity index is 0.000000469. The lowest BCUT2D eigenvalue weighted by molar-refractivity contribution is -0.159. The molecule has 9 heteroatoms. The van der Waals surface area contributed by atoms with E-state index >= 15 is 0 Å². The van der Waals surface area contributed by atoms with Crippen LogP contribution in [0.5, 0.6) is 5.75 Å². The highest BCUT2D eigenvalue weighted by Gasteiger charge is 2.10. The number of aryl methyl sites for hydroxylation is 1. The molecule has 0 saturated carbocycles. The van der Waals surface area contributed by atoms with Gasteiger partial charge >= 0.3 is 11.9 Å². The zero-order chi connectivity index (χ0) is 22.3. The summed E-state index contributed by atoms with van der Waals surface area (Å²) in [6, 6.07) is 9.61. The molecular formula is C21H22F2N2O5. The van der Waals surface area contributed by atoms with Gasteiger partial charge in [0.05, 0.1) is 7.11 Å². The molecule has 1 aromatic heterocycles. The van der Waals surface area contributed by atoms with Crippen LogP contribution in [0.1, 0.15) is 16.8 Å². The smallest absolute Gasteiger partial charge is 0.414 e. The number of H-pyrrole nitrogens is 1. The van der Waals surface area contributed by atoms with Crippen molar-refractivity contribution in [2.24, 2.45) is 0 Å². The van der Waals surface area contributed by atoms with Crippen molar-refractivity contribution in [3.8, 4) is 5.75 Å². The Bertz CT molecular complexity index is 1040. The average Bonchev–Trinajstić information content (AvgIpc) is 3.01. The number of carboxylic acid groups (broad SMARTS) is 2. The Labute approximate surface area is 171 Å². The molecule has 0 aliphatic rings. The molecule has 7 nitrogen and oxygen atoms in total. The summed E-state index contributed by atoms with van der Waals surface area (Å²) in [7, 11) is 1.65. The summed E-state index contributed by atoms with van der Waals surface area (Å²) in [5.41, 5.74) is 3.88. The second kappa shape index (κ2) is 10.4. The Kier molecular flexibility index (Phi) is 7.88. The molecule has 0 spiro atoms. The standard InChI is InChI=1S/C19H20F2N2O.C2H2O4/c1-12-16(17-10-15(24-2)5-6-19(17)23-12)7-8-22-11-13-3-4-14(20)9-18(13)21;3-1(4)2(5)6/h3-6,9-10,22-23H,7-8,11H2,1-2H3;(H,3,4)(H,5,6). The topological polar surface area (TPSA) is 112 Å². The van der Waals surface area contributed by atoms with Gasteiger partial charge in [0.1, 0.15) is 17.4 Å². The number of carboxylic acids is 2. The SMILES string of the molecule is COc1ccc2[nH]c(C)c(CCNCc3ccc(F)cc3F)c2c1.O=C(O)C(=O)O. The predicted octanol–water partition coefficient (Wildman–Crippen LogP) is 3.25. The van der Waals surface area contributed by atoms with Crippen LogP contribution in [0.3, 0.4) is 0 Å². The van der Waals surface area contributed by atoms with E-state index in [1.165, 1.54) is 17.7 Å². The Morgan fingerprint density at radius 3 is 2.40 bits per heavy atom. The molecule has 0 saturated heterocycles. The maximum absolute atomic E-state index is 13.6. The number of fused-ring (bicyclic) bond motifs is 1. The molecule has 3 rings (SSSR count). The molecular weight excluding hydrogens is 398 g/mol. The van der Waals surface area contributed by atoms with E-state index in [0.717, 1.165) is 34.8 Å². The molecule has 0 fully saturated rings. The van der Waals surface area contributed by atoms with Crippen LogP contribution in [-0.2, 0) is 22.6 Å². The van der Waals surface area contributed by atoms with Crippen molar-refractivity contribution in [3.63, 3.8) is 0 Å². The molecule has 4 N–H and O–H groups in total. The van der Waals surface area contributed by atoms with Crippen molar-refractivity contribution < 1.29 is 33.3 Å². The first-order valence-corrected chi connectivity index (χ1v) is 8.99. The van der Waals surface area contributed by atoms with Crippen LogP contribution in [0.2, 0.25) is 0 Å². The molecule has 2 aromatic carbocycles. The fraction of sp³-hybridized carbons (Fsp3) is 0.238. The van der Waals surface area contributed by atoms with Gasteiger partial charge in [0, 0.05) is 34.8 Å². The highest BCUT2D eigenvalue weighted by molar-refractivity contribution is 6.27. The largest absolute Gasteiger partial charge is 0.497 e. The van der Waals surface area contributed by atoms with Gasteiger partial charge in [0.25, 0.3) is 0 Å². The molecule has 0 aliphatic heterocycles. The quantitative estimate of drug-likeness (QED) is 0.360. The number of rotatable bonds is 6. The van der Waals surface area contributed by atoms with Gasteiger partial charge in [-0.15, -0.1) is 0 Å². The number of ether oxygens (including phenoxy) is 1. The minimum atomic E-state index is -1.82. The van der Waals surface area contributed by atoms with Crippen LogP contribution in [-0.4, -0.2) is 40.8 Å². The number of aromatic amines is 1. The van der Waals surface area contributed by atoms with E-state index in [-0.39, 0.29) is 0 Å². The number of halogens is 2. The second-order valence-corrected chi connectivity index (χ2v) is 6.41. The van der Waals surface area contributed by atoms with E-state index in [1.807, 2.05) is 25.1 Å². The van der Waals surface area contributed by atoms with Gasteiger partial charge in [-0.3, -0.25) is 0 Å². The maximum atomic E-state index is 13.6. The Morgan fingerprint density at radius 1 is 1.10 bits per heavy atom. The van der Waals surface area contributed by atoms with Crippen LogP contribution < -0.4 is 10.1 Å². The molecule has 1 heterocycles. The van der Waals surface area contributed by atoms with Crippen LogP contribution in [0.25, 0.3) is 10.9 Å². The zero-order valence-electron chi connectivity index (χ0n) is 16.5. The first-order valence-electron chi connectivity index (χ1n) is 8.99. The van der Waals surface area contributed by atoms with Crippen LogP contribution in [0, 0.1) is 18.6 Å². The summed E-state index contributed by atoms with van der Waals surface area (Å²) in [4.78, 5) is 21.6. The molecule has 160 valence electrons. The number of aromatic nitrogens is 1. The van der Waals surface area contributed by atoms with Crippen LogP contribution >= 0.6 is 0 Å². The number of hydrogen-bond donors (Lipinski definition) is 4. The van der Waals surface area contributed by atoms with Crippen molar-refractivity contribution in [1.82, 2.24) is 10.3 Å². The maximum Gasteiger partial charge on any atom is 0.414 e. The van der Waals surface area contributed by atoms with Gasteiger partial charge in [0.15, 0.2) is 0 Å². The highest BCUT2D eigenvalue weighted by atomic mass is 19.1. The number of hydrogen-bond acceptors (Lipinski definition) is 4. The van der Waals surface area contributed by atoms with E-state index in [1.54, 1.807) is 7.11 Å². The summed E-state index contributed by atoms with van der Waals surface area (Å²) in [5, 5.41) is 19.1. The third-order valence-electron chi connectivity index (χ3n) is 4.39. The molecule has 0 aliphatic carbocycles. The predicted molar refractivity (Wildman–Crippen MR) is 107 cm³/mol. The van der Waals surface area contributed by atoms with E-state index in [9.17, 15) is 8.78 Å². The number of benzene rings is 2. The first-order chi connectivity index (χ1) is 14.2. The highest BCUT2D eigenvalue weighted by Crippen LogP contribution is 2.26. The fourth-order valence-electron chi connectivity index (χ4n) is 2.91. The third kappa shape index (κ3) is 6.02. The summed E-state index contributed by atoms with van der Waals surface area (Å²) >= 11 is 0. The van der Waals surface area contributed by atoms with Crippen molar-refractivity contribution in [1.29, 1.82) is 0 Å². The van der Waals surface area contributed by atoms with E-state index in [2.05, 4.69) is 10.3 Å². The summed E-state index contributed by atoms with van der Waals surface area (Å²) < 4.78 is 31.8. The average molecular weight is 420 g/mol. The van der Waals surface area contributed by atoms with Gasteiger partial charge in [-0.25, -0.2) is 18.4 Å². The fourth-order valence-corrected chi connectivity index (χ4v) is 2.91. The monoisotopic (exact) mass is 420 g/mol. The van der Waals surface area contributed by atoms with Gasteiger partial charge in [-0.05, 0) is 49.7 Å². The molecule has 0 atom stereocenters. The third-order valence-corrected chi connectivity index (χ3v) is 4.39. The molecule has 30 heavy (non-hydrogen) atoms. The molecule has 0 bridgehead atoms. The van der Waals surface area contributed by atoms with E-state index in [0.29, 0.717) is 18.7 Å². The number of carbonyl (C=O) groups is 2. The second-order valence-electron chi connectivity index (χ2n) is 6.41. The summed E-state index contributed by atoms with van der Waals surface area (Å²) in [6.07, 6.45) is 0.807. The lowest BCUT2D eigenvalue weighted by Crippen LogP contribution is -2.17. The minimum absolute atomic E-state index is 0.372. The zero-order valence-corrected chi connectivity index (χ0v) is 16.5. The molecule has 0 unspecified atom stereocenters. The van der Waals surface area contributed by atoms with Gasteiger partial charge in [0.2, 0.25) is 0 Å². The van der Waals surface area contributed by atoms with Gasteiger partial charge in [-0.2, -0.15) is 0 Å². The van der Waals surface area contributed by atoms with Crippen molar-refractivity contribution in [3.05, 3.63) is 64.9 Å². The molecule has 3 aromatic rings. The van der Waals surface area contributed by atoms with E-state index in [4.69, 9.17) is 24.5 Å². The molecule has 0 radical (unpaired) electrons. The van der Waals surface area contributed by atoms with Crippen LogP contribution in [0.4, 0.5) is 8.78 Å². The molecule has 0 amide bonds. The first kappa shape index (κ1) is 22.8. The van der Waals surface area contributed by atoms with Gasteiger partial charge < -0.3 is 25.3 Å². The normalized spacial score (nSPS) is 10.4. The van der Waals surface area contributed by atoms with Crippen LogP contribution in [0.15, 0.2) is 36.4 Å². The Morgan fingerprint density at radius 2 is 1.80 bits per heavy atom. The summed E-state index contributed by atoms with van der Waals surface area (Å²) in [6.45, 7) is 3.11. The lowest BCUT2D eigenvalue weighted by Gasteiger charge is -2.07. The van der Waals surface area contributed by atoms with Crippen molar-refractivity contribution in [2.45, 2.75) is 19.9 Å².